The van der Waals surface area contributed by atoms with E-state index in [-0.39, 0.29) is 17.9 Å². The molecule has 2 heterocycles. The van der Waals surface area contributed by atoms with E-state index >= 15 is 0 Å². The molecule has 0 radical (unpaired) electrons. The van der Waals surface area contributed by atoms with E-state index in [1.54, 1.807) is 24.3 Å². The van der Waals surface area contributed by atoms with Crippen LogP contribution in [0.5, 0.6) is 0 Å². The molecule has 0 spiro atoms. The number of sulfonamides is 1. The van der Waals surface area contributed by atoms with Gasteiger partial charge < -0.3 is 9.32 Å². The topological polar surface area (TPSA) is 70.8 Å². The van der Waals surface area contributed by atoms with E-state index in [1.165, 1.54) is 10.6 Å². The van der Waals surface area contributed by atoms with Crippen molar-refractivity contribution in [2.24, 2.45) is 5.92 Å². The fourth-order valence-electron chi connectivity index (χ4n) is 2.63. The first-order valence-electron chi connectivity index (χ1n) is 7.06. The molecule has 6 nitrogen and oxygen atoms in total. The summed E-state index contributed by atoms with van der Waals surface area (Å²) in [6.45, 7) is 2.75. The molecule has 2 rings (SSSR count). The molecular weight excluding hydrogens is 292 g/mol. The largest absolute Gasteiger partial charge is 0.467 e. The van der Waals surface area contributed by atoms with Crippen LogP contribution in [0, 0.1) is 5.92 Å². The van der Waals surface area contributed by atoms with Crippen LogP contribution in [0.3, 0.4) is 0 Å². The highest BCUT2D eigenvalue weighted by molar-refractivity contribution is 7.88. The predicted octanol–water partition coefficient (Wildman–Crippen LogP) is 1.47. The minimum absolute atomic E-state index is 0.0482. The molecule has 0 saturated carbocycles. The number of hydrogen-bond acceptors (Lipinski definition) is 4. The van der Waals surface area contributed by atoms with E-state index in [4.69, 9.17) is 4.42 Å². The summed E-state index contributed by atoms with van der Waals surface area (Å²) < 4.78 is 29.7. The summed E-state index contributed by atoms with van der Waals surface area (Å²) in [6, 6.07) is 3.52. The van der Waals surface area contributed by atoms with E-state index in [9.17, 15) is 13.2 Å². The van der Waals surface area contributed by atoms with Crippen molar-refractivity contribution in [1.82, 2.24) is 9.21 Å². The van der Waals surface area contributed by atoms with Crippen molar-refractivity contribution in [1.29, 1.82) is 0 Å². The maximum Gasteiger partial charge on any atom is 0.226 e. The third-order valence-electron chi connectivity index (χ3n) is 4.16. The Labute approximate surface area is 125 Å². The maximum absolute atomic E-state index is 12.5. The Morgan fingerprint density at radius 3 is 2.52 bits per heavy atom. The van der Waals surface area contributed by atoms with Gasteiger partial charge in [-0.05, 0) is 31.9 Å². The zero-order valence-electron chi connectivity index (χ0n) is 12.7. The summed E-state index contributed by atoms with van der Waals surface area (Å²) in [4.78, 5) is 14.2. The van der Waals surface area contributed by atoms with Crippen molar-refractivity contribution in [3.8, 4) is 0 Å². The fourth-order valence-corrected chi connectivity index (χ4v) is 3.51. The third kappa shape index (κ3) is 3.65. The van der Waals surface area contributed by atoms with Crippen molar-refractivity contribution in [2.45, 2.75) is 25.8 Å². The molecule has 21 heavy (non-hydrogen) atoms. The van der Waals surface area contributed by atoms with Gasteiger partial charge in [-0.2, -0.15) is 0 Å². The number of carbonyl (C=O) groups is 1. The Balaban J connectivity index is 1.95. The van der Waals surface area contributed by atoms with E-state index in [1.807, 2.05) is 13.0 Å². The third-order valence-corrected chi connectivity index (χ3v) is 5.46. The Hall–Kier alpha value is -1.34. The van der Waals surface area contributed by atoms with Crippen molar-refractivity contribution in [2.75, 3.05) is 26.4 Å². The quantitative estimate of drug-likeness (QED) is 0.844. The molecule has 7 heteroatoms. The second-order valence-corrected chi connectivity index (χ2v) is 7.56. The van der Waals surface area contributed by atoms with Crippen LogP contribution in [0.15, 0.2) is 22.8 Å². The van der Waals surface area contributed by atoms with E-state index in [0.29, 0.717) is 25.9 Å². The lowest BCUT2D eigenvalue weighted by Crippen LogP contribution is -2.43. The SMILES string of the molecule is CC(c1ccco1)N(C)C(=O)C1CCN(S(C)(=O)=O)CC1. The predicted molar refractivity (Wildman–Crippen MR) is 79.0 cm³/mol. The van der Waals surface area contributed by atoms with Crippen LogP contribution in [0.4, 0.5) is 0 Å². The molecule has 1 atom stereocenters. The van der Waals surface area contributed by atoms with Gasteiger partial charge in [-0.15, -0.1) is 0 Å². The van der Waals surface area contributed by atoms with Gasteiger partial charge in [0.25, 0.3) is 0 Å². The van der Waals surface area contributed by atoms with Crippen molar-refractivity contribution < 1.29 is 17.6 Å². The lowest BCUT2D eigenvalue weighted by Gasteiger charge is -2.33. The summed E-state index contributed by atoms with van der Waals surface area (Å²) in [5, 5.41) is 0. The molecule has 1 aliphatic rings. The van der Waals surface area contributed by atoms with Crippen LogP contribution < -0.4 is 0 Å². The summed E-state index contributed by atoms with van der Waals surface area (Å²) in [6.07, 6.45) is 3.94. The molecule has 0 bridgehead atoms. The van der Waals surface area contributed by atoms with Gasteiger partial charge in [0.15, 0.2) is 0 Å². The van der Waals surface area contributed by atoms with E-state index in [2.05, 4.69) is 0 Å². The van der Waals surface area contributed by atoms with Crippen LogP contribution in [-0.4, -0.2) is 49.9 Å². The van der Waals surface area contributed by atoms with E-state index < -0.39 is 10.0 Å². The van der Waals surface area contributed by atoms with Gasteiger partial charge in [-0.3, -0.25) is 4.79 Å². The van der Waals surface area contributed by atoms with Gasteiger partial charge in [0, 0.05) is 26.1 Å². The zero-order chi connectivity index (χ0) is 15.6. The standard InChI is InChI=1S/C14H22N2O4S/c1-11(13-5-4-10-20-13)15(2)14(17)12-6-8-16(9-7-12)21(3,18)19/h4-5,10-12H,6-9H2,1-3H3. The van der Waals surface area contributed by atoms with E-state index in [0.717, 1.165) is 5.76 Å². The Kier molecular flexibility index (Phi) is 4.73. The summed E-state index contributed by atoms with van der Waals surface area (Å²) in [5.41, 5.74) is 0. The molecule has 1 unspecified atom stereocenters. The first kappa shape index (κ1) is 16.0. The highest BCUT2D eigenvalue weighted by Crippen LogP contribution is 2.25. The van der Waals surface area contributed by atoms with Crippen molar-refractivity contribution in [3.05, 3.63) is 24.2 Å². The Morgan fingerprint density at radius 1 is 1.43 bits per heavy atom. The van der Waals surface area contributed by atoms with Crippen LogP contribution in [-0.2, 0) is 14.8 Å². The summed E-state index contributed by atoms with van der Waals surface area (Å²) >= 11 is 0. The molecule has 0 N–H and O–H groups in total. The first-order valence-corrected chi connectivity index (χ1v) is 8.90. The highest BCUT2D eigenvalue weighted by atomic mass is 32.2. The van der Waals surface area contributed by atoms with Gasteiger partial charge in [-0.1, -0.05) is 0 Å². The molecule has 118 valence electrons. The molecule has 1 amide bonds. The Morgan fingerprint density at radius 2 is 2.05 bits per heavy atom. The van der Waals surface area contributed by atoms with Gasteiger partial charge in [0.1, 0.15) is 5.76 Å². The fraction of sp³-hybridized carbons (Fsp3) is 0.643. The van der Waals surface area contributed by atoms with Crippen LogP contribution in [0.25, 0.3) is 0 Å². The van der Waals surface area contributed by atoms with Crippen LogP contribution in [0.1, 0.15) is 31.6 Å². The first-order chi connectivity index (χ1) is 9.80. The highest BCUT2D eigenvalue weighted by Gasteiger charge is 2.32. The molecule has 0 aliphatic carbocycles. The Bertz CT molecular complexity index is 574. The molecule has 1 saturated heterocycles. The van der Waals surface area contributed by atoms with Gasteiger partial charge >= 0.3 is 0 Å². The number of furan rings is 1. The maximum atomic E-state index is 12.5. The monoisotopic (exact) mass is 314 g/mol. The molecule has 1 fully saturated rings. The molecule has 1 aromatic rings. The van der Waals surface area contributed by atoms with Gasteiger partial charge in [-0.25, -0.2) is 12.7 Å². The minimum atomic E-state index is -3.15. The second-order valence-electron chi connectivity index (χ2n) is 5.58. The number of carbonyl (C=O) groups excluding carboxylic acids is 1. The number of amides is 1. The lowest BCUT2D eigenvalue weighted by molar-refractivity contribution is -0.137. The number of rotatable bonds is 4. The molecular formula is C14H22N2O4S. The summed E-state index contributed by atoms with van der Waals surface area (Å²) in [5.74, 6) is 0.678. The second kappa shape index (κ2) is 6.19. The van der Waals surface area contributed by atoms with Crippen molar-refractivity contribution >= 4 is 15.9 Å². The number of hydrogen-bond donors (Lipinski definition) is 0. The van der Waals surface area contributed by atoms with Crippen LogP contribution in [0.2, 0.25) is 0 Å². The lowest BCUT2D eigenvalue weighted by atomic mass is 9.96. The average Bonchev–Trinajstić information content (AvgIpc) is 2.98. The van der Waals surface area contributed by atoms with Crippen molar-refractivity contribution in [3.63, 3.8) is 0 Å². The minimum Gasteiger partial charge on any atom is -0.467 e. The smallest absolute Gasteiger partial charge is 0.226 e. The number of nitrogens with zero attached hydrogens (tertiary/aromatic N) is 2. The molecule has 1 aromatic heterocycles. The zero-order valence-corrected chi connectivity index (χ0v) is 13.5. The molecule has 0 aromatic carbocycles. The average molecular weight is 314 g/mol. The molecule has 1 aliphatic heterocycles. The number of piperidine rings is 1. The van der Waals surface area contributed by atoms with Gasteiger partial charge in [0.2, 0.25) is 15.9 Å². The van der Waals surface area contributed by atoms with Crippen LogP contribution >= 0.6 is 0 Å². The summed E-state index contributed by atoms with van der Waals surface area (Å²) in [7, 11) is -1.39. The van der Waals surface area contributed by atoms with Gasteiger partial charge in [0.05, 0.1) is 18.6 Å². The normalized spacial score (nSPS) is 19.4.